The number of hydrogen-bond acceptors (Lipinski definition) is 7. The van der Waals surface area contributed by atoms with Crippen LogP contribution in [0, 0.1) is 0 Å². The van der Waals surface area contributed by atoms with E-state index >= 15 is 0 Å². The number of primary amides is 1. The molecule has 9 nitrogen and oxygen atoms in total. The highest BCUT2D eigenvalue weighted by Crippen LogP contribution is 2.42. The predicted octanol–water partition coefficient (Wildman–Crippen LogP) is 4.26. The molecule has 40 heavy (non-hydrogen) atoms. The molecule has 5 rings (SSSR count). The lowest BCUT2D eigenvalue weighted by Crippen LogP contribution is -2.38. The van der Waals surface area contributed by atoms with Crippen LogP contribution in [0.2, 0.25) is 0 Å². The predicted molar refractivity (Wildman–Crippen MR) is 151 cm³/mol. The summed E-state index contributed by atoms with van der Waals surface area (Å²) >= 11 is 0. The average Bonchev–Trinajstić information content (AvgIpc) is 3.73. The molecule has 0 radical (unpaired) electrons. The van der Waals surface area contributed by atoms with Gasteiger partial charge in [0.15, 0.2) is 21.3 Å². The van der Waals surface area contributed by atoms with Crippen LogP contribution >= 0.6 is 0 Å². The van der Waals surface area contributed by atoms with Gasteiger partial charge in [-0.2, -0.15) is 0 Å². The van der Waals surface area contributed by atoms with Gasteiger partial charge in [0.05, 0.1) is 30.4 Å². The lowest BCUT2D eigenvalue weighted by atomic mass is 10.0. The largest absolute Gasteiger partial charge is 0.493 e. The summed E-state index contributed by atoms with van der Waals surface area (Å²) in [4.78, 5) is 28.2. The average molecular weight is 564 g/mol. The first-order valence-corrected chi connectivity index (χ1v) is 14.8. The van der Waals surface area contributed by atoms with E-state index in [1.165, 1.54) is 14.2 Å². The van der Waals surface area contributed by atoms with Crippen LogP contribution in [0.5, 0.6) is 11.5 Å². The molecule has 2 amide bonds. The zero-order valence-electron chi connectivity index (χ0n) is 22.5. The van der Waals surface area contributed by atoms with Gasteiger partial charge in [-0.15, -0.1) is 0 Å². The third-order valence-corrected chi connectivity index (χ3v) is 9.86. The molecule has 0 bridgehead atoms. The first-order chi connectivity index (χ1) is 19.2. The van der Waals surface area contributed by atoms with Gasteiger partial charge >= 0.3 is 0 Å². The maximum Gasteiger partial charge on any atom is 0.250 e. The van der Waals surface area contributed by atoms with E-state index in [0.717, 1.165) is 6.42 Å². The highest BCUT2D eigenvalue weighted by molar-refractivity contribution is 7.92. The highest BCUT2D eigenvalue weighted by Gasteiger charge is 2.41. The Morgan fingerprint density at radius 3 is 2.40 bits per heavy atom. The maximum atomic E-state index is 14.4. The molecule has 2 atom stereocenters. The third kappa shape index (κ3) is 5.36. The second-order valence-corrected chi connectivity index (χ2v) is 12.3. The van der Waals surface area contributed by atoms with E-state index in [-0.39, 0.29) is 11.2 Å². The van der Waals surface area contributed by atoms with Crippen molar-refractivity contribution in [2.24, 2.45) is 5.73 Å². The van der Waals surface area contributed by atoms with Crippen molar-refractivity contribution in [1.29, 1.82) is 0 Å². The van der Waals surface area contributed by atoms with Crippen LogP contribution in [-0.2, 0) is 14.6 Å². The van der Waals surface area contributed by atoms with Gasteiger partial charge in [0.1, 0.15) is 6.04 Å². The number of nitrogens with zero attached hydrogens (tertiary/aromatic N) is 1. The molecule has 2 aliphatic rings. The summed E-state index contributed by atoms with van der Waals surface area (Å²) in [7, 11) is -0.400. The molecule has 210 valence electrons. The SMILES string of the molecule is COc1ccc([C@@H](Nc2cccc(C(N)=O)c2)C(=O)N2CCC[C@@H]2c2ccccc2S(=O)(=O)C2CC2)cc1OC. The molecule has 1 heterocycles. The van der Waals surface area contributed by atoms with Gasteiger partial charge in [-0.25, -0.2) is 8.42 Å². The second-order valence-electron chi connectivity index (χ2n) is 10.1. The van der Waals surface area contributed by atoms with Crippen molar-refractivity contribution in [3.05, 3.63) is 83.4 Å². The Kier molecular flexibility index (Phi) is 7.71. The van der Waals surface area contributed by atoms with Crippen LogP contribution in [0.3, 0.4) is 0 Å². The van der Waals surface area contributed by atoms with Crippen LogP contribution in [0.15, 0.2) is 71.6 Å². The number of nitrogens with two attached hydrogens (primary N) is 1. The lowest BCUT2D eigenvalue weighted by molar-refractivity contribution is -0.133. The lowest BCUT2D eigenvalue weighted by Gasteiger charge is -2.31. The molecular formula is C30H33N3O6S. The zero-order chi connectivity index (χ0) is 28.4. The van der Waals surface area contributed by atoms with Gasteiger partial charge in [0, 0.05) is 17.8 Å². The third-order valence-electron chi connectivity index (χ3n) is 7.53. The van der Waals surface area contributed by atoms with Crippen LogP contribution in [0.4, 0.5) is 5.69 Å². The first kappa shape index (κ1) is 27.5. The van der Waals surface area contributed by atoms with Gasteiger partial charge in [0.25, 0.3) is 0 Å². The van der Waals surface area contributed by atoms with E-state index in [1.807, 2.05) is 12.1 Å². The Hall–Kier alpha value is -4.05. The Morgan fingerprint density at radius 1 is 0.950 bits per heavy atom. The number of ether oxygens (including phenoxy) is 2. The van der Waals surface area contributed by atoms with Crippen molar-refractivity contribution in [2.45, 2.75) is 47.9 Å². The summed E-state index contributed by atoms with van der Waals surface area (Å²) in [6.45, 7) is 0.480. The second kappa shape index (κ2) is 11.2. The number of amides is 2. The van der Waals surface area contributed by atoms with E-state index in [1.54, 1.807) is 59.5 Å². The summed E-state index contributed by atoms with van der Waals surface area (Å²) in [6, 6.07) is 17.7. The summed E-state index contributed by atoms with van der Waals surface area (Å²) in [5.74, 6) is 0.180. The Morgan fingerprint density at radius 2 is 1.70 bits per heavy atom. The van der Waals surface area contributed by atoms with E-state index in [4.69, 9.17) is 15.2 Å². The van der Waals surface area contributed by atoms with E-state index in [2.05, 4.69) is 5.32 Å². The summed E-state index contributed by atoms with van der Waals surface area (Å²) in [6.07, 6.45) is 2.72. The smallest absolute Gasteiger partial charge is 0.250 e. The molecule has 10 heteroatoms. The van der Waals surface area contributed by atoms with Crippen molar-refractivity contribution in [3.63, 3.8) is 0 Å². The number of methoxy groups -OCH3 is 2. The molecule has 3 aromatic rings. The van der Waals surface area contributed by atoms with E-state index in [9.17, 15) is 18.0 Å². The van der Waals surface area contributed by atoms with Crippen LogP contribution in [-0.4, -0.2) is 51.1 Å². The van der Waals surface area contributed by atoms with Gasteiger partial charge < -0.3 is 25.4 Å². The van der Waals surface area contributed by atoms with Crippen LogP contribution in [0.25, 0.3) is 0 Å². The fourth-order valence-electron chi connectivity index (χ4n) is 5.34. The fraction of sp³-hybridized carbons (Fsp3) is 0.333. The maximum absolute atomic E-state index is 14.4. The molecule has 3 N–H and O–H groups in total. The van der Waals surface area contributed by atoms with Gasteiger partial charge in [-0.1, -0.05) is 30.3 Å². The van der Waals surface area contributed by atoms with Crippen molar-refractivity contribution in [3.8, 4) is 11.5 Å². The molecule has 1 aliphatic carbocycles. The summed E-state index contributed by atoms with van der Waals surface area (Å²) in [5.41, 5.74) is 7.61. The highest BCUT2D eigenvalue weighted by atomic mass is 32.2. The molecule has 3 aromatic carbocycles. The topological polar surface area (TPSA) is 128 Å². The fourth-order valence-corrected chi connectivity index (χ4v) is 7.26. The number of rotatable bonds is 10. The quantitative estimate of drug-likeness (QED) is 0.377. The Labute approximate surface area is 234 Å². The number of hydrogen-bond donors (Lipinski definition) is 2. The van der Waals surface area contributed by atoms with Gasteiger partial charge in [-0.3, -0.25) is 9.59 Å². The minimum Gasteiger partial charge on any atom is -0.493 e. The first-order valence-electron chi connectivity index (χ1n) is 13.3. The van der Waals surface area contributed by atoms with Crippen LogP contribution < -0.4 is 20.5 Å². The van der Waals surface area contributed by atoms with Gasteiger partial charge in [-0.05, 0) is 73.2 Å². The number of carbonyl (C=O) groups is 2. The standard InChI is InChI=1S/C30H33N3O6S/c1-38-25-15-12-19(18-26(25)39-2)28(32-21-8-5-7-20(17-21)29(31)34)30(35)33-16-6-10-24(33)23-9-3-4-11-27(23)40(36,37)22-13-14-22/h3-5,7-9,11-12,15,17-18,22,24,28,32H,6,10,13-14,16H2,1-2H3,(H2,31,34)/t24-,28-/m1/s1. The molecule has 0 aromatic heterocycles. The number of likely N-dealkylation sites (tertiary alicyclic amines) is 1. The monoisotopic (exact) mass is 563 g/mol. The number of carbonyl (C=O) groups excluding carboxylic acids is 2. The minimum atomic E-state index is -3.46. The van der Waals surface area contributed by atoms with Gasteiger partial charge in [0.2, 0.25) is 11.8 Å². The Balaban J connectivity index is 1.54. The van der Waals surface area contributed by atoms with Crippen molar-refractivity contribution in [2.75, 3.05) is 26.1 Å². The van der Waals surface area contributed by atoms with Crippen LogP contribution in [0.1, 0.15) is 59.3 Å². The van der Waals surface area contributed by atoms with Crippen molar-refractivity contribution < 1.29 is 27.5 Å². The normalized spacial score (nSPS) is 17.8. The molecular weight excluding hydrogens is 530 g/mol. The molecule has 2 fully saturated rings. The molecule has 1 saturated carbocycles. The van der Waals surface area contributed by atoms with E-state index < -0.39 is 27.8 Å². The molecule has 0 unspecified atom stereocenters. The Bertz CT molecular complexity index is 1540. The zero-order valence-corrected chi connectivity index (χ0v) is 23.3. The number of anilines is 1. The van der Waals surface area contributed by atoms with Crippen molar-refractivity contribution in [1.82, 2.24) is 4.90 Å². The minimum absolute atomic E-state index is 0.224. The summed E-state index contributed by atoms with van der Waals surface area (Å²) in [5, 5.41) is 2.94. The molecule has 0 spiro atoms. The van der Waals surface area contributed by atoms with E-state index in [0.29, 0.717) is 64.6 Å². The molecule has 1 aliphatic heterocycles. The number of benzene rings is 3. The van der Waals surface area contributed by atoms with Crippen molar-refractivity contribution >= 4 is 27.3 Å². The summed E-state index contributed by atoms with van der Waals surface area (Å²) < 4.78 is 37.5. The number of sulfone groups is 1. The molecule has 1 saturated heterocycles. The number of nitrogens with one attached hydrogen (secondary N) is 1.